The van der Waals surface area contributed by atoms with Gasteiger partial charge in [0.05, 0.1) is 34.5 Å². The highest BCUT2D eigenvalue weighted by atomic mass is 35.5. The minimum absolute atomic E-state index is 0.0210. The molecular weight excluding hydrogens is 555 g/mol. The molecule has 208 valence electrons. The number of hydrogen-bond donors (Lipinski definition) is 0. The lowest BCUT2D eigenvalue weighted by atomic mass is 9.73. The molecule has 0 N–H and O–H groups in total. The van der Waals surface area contributed by atoms with Crippen molar-refractivity contribution in [2.75, 3.05) is 29.5 Å². The number of carbonyl (C=O) groups is 1. The third kappa shape index (κ3) is 4.65. The van der Waals surface area contributed by atoms with Crippen LogP contribution in [0.3, 0.4) is 0 Å². The van der Waals surface area contributed by atoms with E-state index in [1.165, 1.54) is 12.1 Å². The first-order valence-corrected chi connectivity index (χ1v) is 15.2. The lowest BCUT2D eigenvalue weighted by Crippen LogP contribution is -2.55. The minimum Gasteiger partial charge on any atom is -0.339 e. The van der Waals surface area contributed by atoms with Gasteiger partial charge in [-0.3, -0.25) is 4.79 Å². The fourth-order valence-corrected chi connectivity index (χ4v) is 8.10. The second kappa shape index (κ2) is 9.36. The molecule has 39 heavy (non-hydrogen) atoms. The molecule has 3 aromatic rings. The van der Waals surface area contributed by atoms with Gasteiger partial charge in [0.1, 0.15) is 9.84 Å². The van der Waals surface area contributed by atoms with E-state index in [1.54, 1.807) is 28.9 Å². The molecule has 0 radical (unpaired) electrons. The van der Waals surface area contributed by atoms with Crippen molar-refractivity contribution in [1.29, 1.82) is 0 Å². The van der Waals surface area contributed by atoms with E-state index in [0.717, 1.165) is 29.1 Å². The first-order chi connectivity index (χ1) is 18.5. The molecule has 0 aliphatic carbocycles. The normalized spacial score (nSPS) is 21.8. The number of aryl methyl sites for hydroxylation is 1. The fourth-order valence-electron chi connectivity index (χ4n) is 6.32. The first-order valence-electron chi connectivity index (χ1n) is 13.0. The highest BCUT2D eigenvalue weighted by Gasteiger charge is 2.54. The second-order valence-corrected chi connectivity index (χ2v) is 13.3. The van der Waals surface area contributed by atoms with Gasteiger partial charge >= 0.3 is 6.18 Å². The van der Waals surface area contributed by atoms with Crippen molar-refractivity contribution in [3.63, 3.8) is 0 Å². The number of aromatic nitrogens is 3. The molecule has 8 nitrogen and oxygen atoms in total. The number of rotatable bonds is 3. The van der Waals surface area contributed by atoms with Gasteiger partial charge in [-0.2, -0.15) is 18.3 Å². The van der Waals surface area contributed by atoms with Crippen LogP contribution in [0.2, 0.25) is 5.15 Å². The van der Waals surface area contributed by atoms with Gasteiger partial charge in [0, 0.05) is 24.8 Å². The molecule has 3 aliphatic heterocycles. The van der Waals surface area contributed by atoms with Crippen LogP contribution in [-0.2, 0) is 21.1 Å². The maximum absolute atomic E-state index is 14.5. The van der Waals surface area contributed by atoms with Crippen LogP contribution >= 0.6 is 11.6 Å². The Morgan fingerprint density at radius 3 is 2.44 bits per heavy atom. The SMILES string of the molecule is O=C1N([C@@H](c2ccc(N3CCCc4c3cnc3cc(Cl)nn43)cc2)C(F)(F)F)CCCC12CCS(=O)(=O)CC2. The molecule has 5 heterocycles. The Bertz CT molecular complexity index is 1530. The lowest BCUT2D eigenvalue weighted by Gasteiger charge is -2.46. The Hall–Kier alpha value is -2.86. The maximum Gasteiger partial charge on any atom is 0.413 e. The summed E-state index contributed by atoms with van der Waals surface area (Å²) < 4.78 is 69.2. The molecule has 1 spiro atoms. The molecule has 2 saturated heterocycles. The van der Waals surface area contributed by atoms with E-state index in [4.69, 9.17) is 11.6 Å². The van der Waals surface area contributed by atoms with E-state index in [1.807, 2.05) is 4.90 Å². The molecular formula is C26H27ClF3N5O3S. The van der Waals surface area contributed by atoms with Crippen molar-refractivity contribution >= 4 is 44.4 Å². The lowest BCUT2D eigenvalue weighted by molar-refractivity contribution is -0.200. The number of alkyl halides is 3. The van der Waals surface area contributed by atoms with Crippen molar-refractivity contribution in [3.05, 3.63) is 52.9 Å². The average Bonchev–Trinajstić information content (AvgIpc) is 3.28. The standard InChI is InChI=1S/C26H27ClF3N5O3S/c27-21-15-22-31-16-20-19(35(22)32-21)3-1-11-33(20)18-6-4-17(5-7-18)23(26(28,29)30)34-12-2-8-25(24(34)36)9-13-39(37,38)14-10-25/h4-7,15-16,23H,1-3,8-14H2/t23-/m0/s1. The van der Waals surface area contributed by atoms with Gasteiger partial charge < -0.3 is 9.80 Å². The topological polar surface area (TPSA) is 87.9 Å². The van der Waals surface area contributed by atoms with Gasteiger partial charge in [-0.05, 0) is 56.2 Å². The van der Waals surface area contributed by atoms with Crippen molar-refractivity contribution in [1.82, 2.24) is 19.5 Å². The number of benzene rings is 1. The Morgan fingerprint density at radius 1 is 1.03 bits per heavy atom. The zero-order valence-corrected chi connectivity index (χ0v) is 22.6. The summed E-state index contributed by atoms with van der Waals surface area (Å²) in [6.45, 7) is 0.639. The van der Waals surface area contributed by atoms with E-state index in [0.29, 0.717) is 35.9 Å². The van der Waals surface area contributed by atoms with Crippen molar-refractivity contribution < 1.29 is 26.4 Å². The number of likely N-dealkylation sites (tertiary alicyclic amines) is 1. The molecule has 2 fully saturated rings. The summed E-state index contributed by atoms with van der Waals surface area (Å²) in [7, 11) is -3.26. The Morgan fingerprint density at radius 2 is 1.74 bits per heavy atom. The van der Waals surface area contributed by atoms with Gasteiger partial charge in [0.15, 0.2) is 16.8 Å². The van der Waals surface area contributed by atoms with E-state index in [2.05, 4.69) is 10.1 Å². The quantitative estimate of drug-likeness (QED) is 0.438. The van der Waals surface area contributed by atoms with Crippen molar-refractivity contribution in [3.8, 4) is 0 Å². The van der Waals surface area contributed by atoms with Crippen molar-refractivity contribution in [2.24, 2.45) is 5.41 Å². The maximum atomic E-state index is 14.5. The number of nitrogens with zero attached hydrogens (tertiary/aromatic N) is 5. The number of carbonyl (C=O) groups excluding carboxylic acids is 1. The Kier molecular flexibility index (Phi) is 6.33. The zero-order chi connectivity index (χ0) is 27.6. The zero-order valence-electron chi connectivity index (χ0n) is 21.0. The van der Waals surface area contributed by atoms with Crippen LogP contribution in [0.15, 0.2) is 36.5 Å². The molecule has 0 bridgehead atoms. The van der Waals surface area contributed by atoms with Crippen LogP contribution in [0.4, 0.5) is 24.5 Å². The molecule has 6 rings (SSSR count). The summed E-state index contributed by atoms with van der Waals surface area (Å²) in [5.41, 5.74) is 2.01. The number of anilines is 2. The van der Waals surface area contributed by atoms with Crippen LogP contribution in [0, 0.1) is 5.41 Å². The average molecular weight is 582 g/mol. The summed E-state index contributed by atoms with van der Waals surface area (Å²) in [5, 5.41) is 4.65. The second-order valence-electron chi connectivity index (χ2n) is 10.7. The minimum atomic E-state index is -4.69. The number of sulfone groups is 1. The van der Waals surface area contributed by atoms with Crippen LogP contribution in [0.1, 0.15) is 49.4 Å². The molecule has 2 aromatic heterocycles. The molecule has 1 amide bonds. The number of halogens is 4. The molecule has 0 saturated carbocycles. The van der Waals surface area contributed by atoms with E-state index >= 15 is 0 Å². The summed E-state index contributed by atoms with van der Waals surface area (Å²) in [4.78, 5) is 20.9. The van der Waals surface area contributed by atoms with E-state index in [9.17, 15) is 26.4 Å². The van der Waals surface area contributed by atoms with Gasteiger partial charge in [-0.1, -0.05) is 23.7 Å². The Labute approximate surface area is 228 Å². The summed E-state index contributed by atoms with van der Waals surface area (Å²) >= 11 is 6.07. The molecule has 3 aliphatic rings. The summed E-state index contributed by atoms with van der Waals surface area (Å²) in [6.07, 6.45) is -0.420. The van der Waals surface area contributed by atoms with Crippen molar-refractivity contribution in [2.45, 2.75) is 50.7 Å². The molecule has 1 atom stereocenters. The highest BCUT2D eigenvalue weighted by Crippen LogP contribution is 2.47. The third-order valence-electron chi connectivity index (χ3n) is 8.31. The number of hydrogen-bond acceptors (Lipinski definition) is 6. The first kappa shape index (κ1) is 26.4. The van der Waals surface area contributed by atoms with Crippen LogP contribution in [0.25, 0.3) is 5.65 Å². The monoisotopic (exact) mass is 581 g/mol. The molecule has 13 heteroatoms. The number of piperidine rings is 1. The smallest absolute Gasteiger partial charge is 0.339 e. The number of amides is 1. The van der Waals surface area contributed by atoms with E-state index < -0.39 is 33.4 Å². The summed E-state index contributed by atoms with van der Waals surface area (Å²) in [6, 6.07) is 5.71. The van der Waals surface area contributed by atoms with Crippen LogP contribution < -0.4 is 4.90 Å². The predicted octanol–water partition coefficient (Wildman–Crippen LogP) is 4.89. The van der Waals surface area contributed by atoms with Crippen LogP contribution in [0.5, 0.6) is 0 Å². The third-order valence-corrected chi connectivity index (χ3v) is 10.1. The van der Waals surface area contributed by atoms with E-state index in [-0.39, 0.29) is 36.5 Å². The molecule has 1 aromatic carbocycles. The fraction of sp³-hybridized carbons (Fsp3) is 0.500. The highest BCUT2D eigenvalue weighted by molar-refractivity contribution is 7.91. The van der Waals surface area contributed by atoms with Gasteiger partial charge in [-0.25, -0.2) is 17.9 Å². The summed E-state index contributed by atoms with van der Waals surface area (Å²) in [5.74, 6) is -0.921. The largest absolute Gasteiger partial charge is 0.413 e. The van der Waals surface area contributed by atoms with Gasteiger partial charge in [0.25, 0.3) is 0 Å². The predicted molar refractivity (Wildman–Crippen MR) is 140 cm³/mol. The van der Waals surface area contributed by atoms with Crippen LogP contribution in [-0.4, -0.2) is 64.6 Å². The number of fused-ring (bicyclic) bond motifs is 3. The van der Waals surface area contributed by atoms with Gasteiger partial charge in [-0.15, -0.1) is 0 Å². The Balaban J connectivity index is 1.31. The van der Waals surface area contributed by atoms with Gasteiger partial charge in [0.2, 0.25) is 5.91 Å². The molecule has 0 unspecified atom stereocenters.